The third-order valence-corrected chi connectivity index (χ3v) is 8.44. The van der Waals surface area contributed by atoms with E-state index < -0.39 is 28.5 Å². The standard InChI is InChI=1S/C28H31Cl2N3O4S/c1-4-25(28(35)31-5-2)32(18-21-12-10-9-11-20(21)3)27(34)19-33(26-16-15-22(29)17-24(26)30)38(36,37)23-13-7-6-8-14-23/h6-17,25H,4-5,18-19H2,1-3H3,(H,31,35)/t25-/m0/s1. The van der Waals surface area contributed by atoms with Gasteiger partial charge in [-0.2, -0.15) is 0 Å². The van der Waals surface area contributed by atoms with Crippen LogP contribution in [0.4, 0.5) is 5.69 Å². The van der Waals surface area contributed by atoms with Gasteiger partial charge in [0.15, 0.2) is 0 Å². The van der Waals surface area contributed by atoms with E-state index in [2.05, 4.69) is 5.32 Å². The van der Waals surface area contributed by atoms with E-state index in [-0.39, 0.29) is 28.1 Å². The average molecular weight is 577 g/mol. The summed E-state index contributed by atoms with van der Waals surface area (Å²) < 4.78 is 28.6. The molecule has 38 heavy (non-hydrogen) atoms. The molecule has 0 saturated carbocycles. The molecular formula is C28H31Cl2N3O4S. The monoisotopic (exact) mass is 575 g/mol. The molecule has 3 aromatic rings. The van der Waals surface area contributed by atoms with Crippen molar-refractivity contribution >= 4 is 50.7 Å². The van der Waals surface area contributed by atoms with Crippen LogP contribution < -0.4 is 9.62 Å². The predicted molar refractivity (Wildman–Crippen MR) is 152 cm³/mol. The van der Waals surface area contributed by atoms with Gasteiger partial charge in [-0.25, -0.2) is 8.42 Å². The highest BCUT2D eigenvalue weighted by Gasteiger charge is 2.34. The van der Waals surface area contributed by atoms with Gasteiger partial charge in [0.1, 0.15) is 12.6 Å². The molecule has 0 aromatic heterocycles. The average Bonchev–Trinajstić information content (AvgIpc) is 2.89. The number of aryl methyl sites for hydroxylation is 1. The van der Waals surface area contributed by atoms with E-state index >= 15 is 0 Å². The first-order valence-corrected chi connectivity index (χ1v) is 14.4. The number of nitrogens with zero attached hydrogens (tertiary/aromatic N) is 2. The van der Waals surface area contributed by atoms with Crippen LogP contribution in [0.1, 0.15) is 31.4 Å². The Hall–Kier alpha value is -3.07. The Labute approximate surface area is 234 Å². The summed E-state index contributed by atoms with van der Waals surface area (Å²) in [4.78, 5) is 28.4. The van der Waals surface area contributed by atoms with Crippen molar-refractivity contribution in [1.82, 2.24) is 10.2 Å². The molecular weight excluding hydrogens is 545 g/mol. The number of sulfonamides is 1. The zero-order chi connectivity index (χ0) is 27.9. The summed E-state index contributed by atoms with van der Waals surface area (Å²) in [5.74, 6) is -0.851. The van der Waals surface area contributed by atoms with Gasteiger partial charge in [0.2, 0.25) is 11.8 Å². The SMILES string of the molecule is CCNC(=O)[C@H](CC)N(Cc1ccccc1C)C(=O)CN(c1ccc(Cl)cc1Cl)S(=O)(=O)c1ccccc1. The molecule has 0 radical (unpaired) electrons. The molecule has 7 nitrogen and oxygen atoms in total. The highest BCUT2D eigenvalue weighted by molar-refractivity contribution is 7.92. The number of hydrogen-bond donors (Lipinski definition) is 1. The fourth-order valence-corrected chi connectivity index (χ4v) is 6.11. The van der Waals surface area contributed by atoms with Gasteiger partial charge in [0, 0.05) is 18.1 Å². The third kappa shape index (κ3) is 6.87. The lowest BCUT2D eigenvalue weighted by Gasteiger charge is -2.33. The lowest BCUT2D eigenvalue weighted by molar-refractivity contribution is -0.140. The Morgan fingerprint density at radius 2 is 1.61 bits per heavy atom. The Kier molecular flexibility index (Phi) is 10.2. The maximum Gasteiger partial charge on any atom is 0.264 e. The molecule has 0 spiro atoms. The molecule has 0 aliphatic rings. The zero-order valence-corrected chi connectivity index (χ0v) is 23.9. The normalized spacial score (nSPS) is 12.0. The summed E-state index contributed by atoms with van der Waals surface area (Å²) in [5.41, 5.74) is 1.91. The quantitative estimate of drug-likeness (QED) is 0.330. The second kappa shape index (κ2) is 13.1. The van der Waals surface area contributed by atoms with Crippen molar-refractivity contribution in [3.63, 3.8) is 0 Å². The van der Waals surface area contributed by atoms with E-state index in [9.17, 15) is 18.0 Å². The molecule has 1 N–H and O–H groups in total. The fraction of sp³-hybridized carbons (Fsp3) is 0.286. The van der Waals surface area contributed by atoms with Crippen LogP contribution in [0, 0.1) is 6.92 Å². The summed E-state index contributed by atoms with van der Waals surface area (Å²) in [5, 5.41) is 3.19. The van der Waals surface area contributed by atoms with E-state index in [0.29, 0.717) is 18.0 Å². The van der Waals surface area contributed by atoms with Crippen molar-refractivity contribution in [3.05, 3.63) is 94.0 Å². The van der Waals surface area contributed by atoms with Crippen molar-refractivity contribution < 1.29 is 18.0 Å². The maximum absolute atomic E-state index is 14.0. The zero-order valence-electron chi connectivity index (χ0n) is 21.5. The molecule has 0 aliphatic heterocycles. The predicted octanol–water partition coefficient (Wildman–Crippen LogP) is 5.44. The topological polar surface area (TPSA) is 86.8 Å². The van der Waals surface area contributed by atoms with Crippen LogP contribution in [-0.2, 0) is 26.2 Å². The number of benzene rings is 3. The molecule has 10 heteroatoms. The number of anilines is 1. The number of nitrogens with one attached hydrogen (secondary N) is 1. The summed E-state index contributed by atoms with van der Waals surface area (Å²) in [7, 11) is -4.20. The fourth-order valence-electron chi connectivity index (χ4n) is 4.10. The molecule has 0 bridgehead atoms. The first-order chi connectivity index (χ1) is 18.1. The van der Waals surface area contributed by atoms with Crippen molar-refractivity contribution in [2.45, 2.75) is 44.7 Å². The maximum atomic E-state index is 14.0. The van der Waals surface area contributed by atoms with Gasteiger partial charge >= 0.3 is 0 Å². The Morgan fingerprint density at radius 1 is 0.947 bits per heavy atom. The minimum atomic E-state index is -4.20. The van der Waals surface area contributed by atoms with E-state index in [1.807, 2.05) is 38.1 Å². The molecule has 1 atom stereocenters. The first-order valence-electron chi connectivity index (χ1n) is 12.2. The molecule has 0 fully saturated rings. The molecule has 202 valence electrons. The number of hydrogen-bond acceptors (Lipinski definition) is 4. The van der Waals surface area contributed by atoms with Crippen molar-refractivity contribution in [3.8, 4) is 0 Å². The molecule has 0 unspecified atom stereocenters. The van der Waals surface area contributed by atoms with Crippen LogP contribution in [0.15, 0.2) is 77.7 Å². The van der Waals surface area contributed by atoms with E-state index in [4.69, 9.17) is 23.2 Å². The Bertz CT molecular complexity index is 1380. The summed E-state index contributed by atoms with van der Waals surface area (Å²) in [6.45, 7) is 5.50. The lowest BCUT2D eigenvalue weighted by Crippen LogP contribution is -2.52. The highest BCUT2D eigenvalue weighted by Crippen LogP contribution is 2.33. The van der Waals surface area contributed by atoms with Crippen LogP contribution in [0.5, 0.6) is 0 Å². The number of halogens is 2. The first kappa shape index (κ1) is 29.5. The largest absolute Gasteiger partial charge is 0.355 e. The van der Waals surface area contributed by atoms with E-state index in [1.54, 1.807) is 25.1 Å². The van der Waals surface area contributed by atoms with E-state index in [1.165, 1.54) is 35.2 Å². The number of carbonyl (C=O) groups is 2. The third-order valence-electron chi connectivity index (χ3n) is 6.13. The van der Waals surface area contributed by atoms with Crippen LogP contribution in [0.25, 0.3) is 0 Å². The summed E-state index contributed by atoms with van der Waals surface area (Å²) in [6, 6.07) is 18.9. The van der Waals surface area contributed by atoms with Gasteiger partial charge in [-0.05, 0) is 61.7 Å². The van der Waals surface area contributed by atoms with Gasteiger partial charge < -0.3 is 10.2 Å². The Morgan fingerprint density at radius 3 is 2.21 bits per heavy atom. The summed E-state index contributed by atoms with van der Waals surface area (Å²) >= 11 is 12.5. The van der Waals surface area contributed by atoms with Crippen LogP contribution in [0.3, 0.4) is 0 Å². The number of carbonyl (C=O) groups excluding carboxylic acids is 2. The van der Waals surface area contributed by atoms with Crippen LogP contribution in [0.2, 0.25) is 10.0 Å². The van der Waals surface area contributed by atoms with Gasteiger partial charge in [-0.1, -0.05) is 72.6 Å². The summed E-state index contributed by atoms with van der Waals surface area (Å²) in [6.07, 6.45) is 0.344. The van der Waals surface area contributed by atoms with Crippen LogP contribution in [-0.4, -0.2) is 44.3 Å². The minimum Gasteiger partial charge on any atom is -0.355 e. The smallest absolute Gasteiger partial charge is 0.264 e. The van der Waals surface area contributed by atoms with E-state index in [0.717, 1.165) is 15.4 Å². The van der Waals surface area contributed by atoms with Gasteiger partial charge in [-0.15, -0.1) is 0 Å². The van der Waals surface area contributed by atoms with Gasteiger partial charge in [0.25, 0.3) is 10.0 Å². The van der Waals surface area contributed by atoms with Crippen molar-refractivity contribution in [1.29, 1.82) is 0 Å². The van der Waals surface area contributed by atoms with Crippen molar-refractivity contribution in [2.24, 2.45) is 0 Å². The number of amides is 2. The van der Waals surface area contributed by atoms with Gasteiger partial charge in [-0.3, -0.25) is 13.9 Å². The molecule has 0 heterocycles. The molecule has 0 aliphatic carbocycles. The number of rotatable bonds is 11. The second-order valence-electron chi connectivity index (χ2n) is 8.69. The molecule has 0 saturated heterocycles. The van der Waals surface area contributed by atoms with Crippen molar-refractivity contribution in [2.75, 3.05) is 17.4 Å². The van der Waals surface area contributed by atoms with Crippen LogP contribution >= 0.6 is 23.2 Å². The molecule has 3 aromatic carbocycles. The lowest BCUT2D eigenvalue weighted by atomic mass is 10.1. The highest BCUT2D eigenvalue weighted by atomic mass is 35.5. The molecule has 3 rings (SSSR count). The number of likely N-dealkylation sites (N-methyl/N-ethyl adjacent to an activating group) is 1. The minimum absolute atomic E-state index is 0.0000352. The Balaban J connectivity index is 2.10. The second-order valence-corrected chi connectivity index (χ2v) is 11.4. The van der Waals surface area contributed by atoms with Gasteiger partial charge in [0.05, 0.1) is 15.6 Å². The molecule has 2 amide bonds.